The maximum absolute atomic E-state index is 11.4. The van der Waals surface area contributed by atoms with Crippen molar-refractivity contribution in [3.8, 4) is 5.75 Å². The van der Waals surface area contributed by atoms with Crippen molar-refractivity contribution in [2.24, 2.45) is 5.18 Å². The van der Waals surface area contributed by atoms with Crippen molar-refractivity contribution in [1.29, 1.82) is 0 Å². The van der Waals surface area contributed by atoms with Gasteiger partial charge in [-0.05, 0) is 44.0 Å². The van der Waals surface area contributed by atoms with Crippen LogP contribution in [0.1, 0.15) is 31.0 Å². The van der Waals surface area contributed by atoms with Crippen LogP contribution in [-0.4, -0.2) is 13.1 Å². The van der Waals surface area contributed by atoms with Gasteiger partial charge in [-0.15, -0.1) is 0 Å². The van der Waals surface area contributed by atoms with Gasteiger partial charge in [-0.2, -0.15) is 4.91 Å². The Balaban J connectivity index is 3.06. The first-order chi connectivity index (χ1) is 9.03. The number of benzene rings is 1. The van der Waals surface area contributed by atoms with Crippen LogP contribution in [0.5, 0.6) is 5.75 Å². The fourth-order valence-corrected chi connectivity index (χ4v) is 1.48. The Hall–Kier alpha value is -2.17. The molecule has 1 atom stereocenters. The second kappa shape index (κ2) is 6.68. The van der Waals surface area contributed by atoms with Crippen LogP contribution < -0.4 is 4.74 Å². The van der Waals surface area contributed by atoms with Gasteiger partial charge in [0.15, 0.2) is 0 Å². The summed E-state index contributed by atoms with van der Waals surface area (Å²) in [5.41, 5.74) is 1.58. The number of nitroso groups, excluding NO2 is 1. The maximum Gasteiger partial charge on any atom is 0.373 e. The molecule has 0 N–H and O–H groups in total. The van der Waals surface area contributed by atoms with Crippen molar-refractivity contribution in [1.82, 2.24) is 0 Å². The molecule has 0 heterocycles. The normalized spacial score (nSPS) is 12.7. The van der Waals surface area contributed by atoms with Crippen LogP contribution in [0.25, 0.3) is 0 Å². The fourth-order valence-electron chi connectivity index (χ4n) is 1.48. The van der Waals surface area contributed by atoms with Gasteiger partial charge in [0, 0.05) is 0 Å². The monoisotopic (exact) mass is 263 g/mol. The van der Waals surface area contributed by atoms with E-state index in [4.69, 9.17) is 4.74 Å². The van der Waals surface area contributed by atoms with Crippen molar-refractivity contribution in [2.75, 3.05) is 7.11 Å². The summed E-state index contributed by atoms with van der Waals surface area (Å²) < 4.78 is 10.1. The third-order valence-corrected chi connectivity index (χ3v) is 2.72. The molecular formula is C14H17NO4. The van der Waals surface area contributed by atoms with E-state index in [0.29, 0.717) is 5.75 Å². The molecule has 0 aliphatic carbocycles. The first-order valence-electron chi connectivity index (χ1n) is 5.89. The molecule has 0 bridgehead atoms. The number of methoxy groups -OCH3 is 1. The number of esters is 1. The number of allylic oxidation sites excluding steroid dienone is 1. The van der Waals surface area contributed by atoms with Crippen LogP contribution in [0.3, 0.4) is 0 Å². The Kier molecular flexibility index (Phi) is 5.23. The van der Waals surface area contributed by atoms with Crippen LogP contribution in [0.2, 0.25) is 0 Å². The quantitative estimate of drug-likeness (QED) is 0.354. The summed E-state index contributed by atoms with van der Waals surface area (Å²) >= 11 is 0. The Labute approximate surface area is 112 Å². The van der Waals surface area contributed by atoms with E-state index in [1.165, 1.54) is 13.2 Å². The van der Waals surface area contributed by atoms with Gasteiger partial charge in [-0.1, -0.05) is 17.3 Å². The van der Waals surface area contributed by atoms with Crippen LogP contribution >= 0.6 is 0 Å². The number of hydrogen-bond donors (Lipinski definition) is 0. The molecule has 0 aliphatic heterocycles. The van der Waals surface area contributed by atoms with Gasteiger partial charge in [0.25, 0.3) is 0 Å². The van der Waals surface area contributed by atoms with Gasteiger partial charge in [0.1, 0.15) is 11.8 Å². The topological polar surface area (TPSA) is 65.0 Å². The van der Waals surface area contributed by atoms with Gasteiger partial charge >= 0.3 is 5.97 Å². The number of nitrogens with zero attached hydrogens (tertiary/aromatic N) is 1. The third kappa shape index (κ3) is 3.64. The van der Waals surface area contributed by atoms with Gasteiger partial charge in [0.05, 0.1) is 7.11 Å². The first-order valence-corrected chi connectivity index (χ1v) is 5.89. The molecular weight excluding hydrogens is 246 g/mol. The minimum absolute atomic E-state index is 0.106. The average Bonchev–Trinajstić information content (AvgIpc) is 2.44. The van der Waals surface area contributed by atoms with E-state index < -0.39 is 12.0 Å². The van der Waals surface area contributed by atoms with E-state index >= 15 is 0 Å². The minimum Gasteiger partial charge on any atom is -0.463 e. The highest BCUT2D eigenvalue weighted by atomic mass is 16.6. The Morgan fingerprint density at radius 3 is 2.63 bits per heavy atom. The van der Waals surface area contributed by atoms with Crippen LogP contribution in [0, 0.1) is 11.8 Å². The zero-order valence-corrected chi connectivity index (χ0v) is 11.5. The van der Waals surface area contributed by atoms with Crippen molar-refractivity contribution < 1.29 is 14.3 Å². The lowest BCUT2D eigenvalue weighted by Crippen LogP contribution is -2.11. The Bertz CT molecular complexity index is 508. The van der Waals surface area contributed by atoms with Crippen molar-refractivity contribution in [2.45, 2.75) is 26.8 Å². The summed E-state index contributed by atoms with van der Waals surface area (Å²) in [7, 11) is 1.29. The number of carbonyl (C=O) groups excluding carboxylic acids is 1. The molecule has 1 aromatic carbocycles. The summed E-state index contributed by atoms with van der Waals surface area (Å²) in [5.74, 6) is 0.0647. The predicted molar refractivity (Wildman–Crippen MR) is 71.8 cm³/mol. The molecule has 0 fully saturated rings. The lowest BCUT2D eigenvalue weighted by molar-refractivity contribution is -0.138. The number of ether oxygens (including phenoxy) is 2. The number of hydrogen-bond acceptors (Lipinski definition) is 5. The SMILES string of the molecule is CC=C(Oc1cc(C(C)N=O)ccc1C)C(=O)OC. The van der Waals surface area contributed by atoms with Crippen molar-refractivity contribution in [3.63, 3.8) is 0 Å². The Morgan fingerprint density at radius 2 is 2.11 bits per heavy atom. The van der Waals surface area contributed by atoms with E-state index in [1.807, 2.05) is 19.1 Å². The maximum atomic E-state index is 11.4. The molecule has 19 heavy (non-hydrogen) atoms. The van der Waals surface area contributed by atoms with Gasteiger partial charge in [-0.3, -0.25) is 0 Å². The smallest absolute Gasteiger partial charge is 0.373 e. The van der Waals surface area contributed by atoms with E-state index in [9.17, 15) is 9.70 Å². The molecule has 5 heteroatoms. The minimum atomic E-state index is -0.547. The van der Waals surface area contributed by atoms with Gasteiger partial charge < -0.3 is 9.47 Å². The lowest BCUT2D eigenvalue weighted by atomic mass is 10.1. The summed E-state index contributed by atoms with van der Waals surface area (Å²) in [5, 5.41) is 2.97. The zero-order valence-electron chi connectivity index (χ0n) is 11.5. The summed E-state index contributed by atoms with van der Waals surface area (Å²) in [6, 6.07) is 4.86. The van der Waals surface area contributed by atoms with Crippen LogP contribution in [0.4, 0.5) is 0 Å². The van der Waals surface area contributed by atoms with Crippen molar-refractivity contribution >= 4 is 5.97 Å². The molecule has 0 radical (unpaired) electrons. The highest BCUT2D eigenvalue weighted by molar-refractivity contribution is 5.86. The molecule has 5 nitrogen and oxygen atoms in total. The standard InChI is InChI=1S/C14H17NO4/c1-5-12(14(16)18-4)19-13-8-11(10(3)15-17)7-6-9(13)2/h5-8,10H,1-4H3. The molecule has 0 saturated carbocycles. The van der Waals surface area contributed by atoms with E-state index in [1.54, 1.807) is 19.9 Å². The molecule has 0 saturated heterocycles. The molecule has 0 aliphatic rings. The van der Waals surface area contributed by atoms with Crippen molar-refractivity contribution in [3.05, 3.63) is 46.1 Å². The molecule has 0 spiro atoms. The number of carbonyl (C=O) groups is 1. The van der Waals surface area contributed by atoms with Gasteiger partial charge in [-0.25, -0.2) is 4.79 Å². The van der Waals surface area contributed by atoms with E-state index in [0.717, 1.165) is 11.1 Å². The second-order valence-corrected chi connectivity index (χ2v) is 4.05. The van der Waals surface area contributed by atoms with Crippen LogP contribution in [-0.2, 0) is 9.53 Å². The molecule has 1 unspecified atom stereocenters. The zero-order chi connectivity index (χ0) is 14.4. The Morgan fingerprint density at radius 1 is 1.42 bits per heavy atom. The van der Waals surface area contributed by atoms with E-state index in [2.05, 4.69) is 9.91 Å². The summed E-state index contributed by atoms with van der Waals surface area (Å²) in [4.78, 5) is 22.0. The molecule has 102 valence electrons. The summed E-state index contributed by atoms with van der Waals surface area (Å²) in [6.07, 6.45) is 1.53. The molecule has 0 aromatic heterocycles. The number of rotatable bonds is 5. The number of aryl methyl sites for hydroxylation is 1. The molecule has 1 aromatic rings. The second-order valence-electron chi connectivity index (χ2n) is 4.05. The average molecular weight is 263 g/mol. The lowest BCUT2D eigenvalue weighted by Gasteiger charge is -2.12. The fraction of sp³-hybridized carbons (Fsp3) is 0.357. The highest BCUT2D eigenvalue weighted by Crippen LogP contribution is 2.26. The third-order valence-electron chi connectivity index (χ3n) is 2.72. The van der Waals surface area contributed by atoms with Gasteiger partial charge in [0.2, 0.25) is 5.76 Å². The van der Waals surface area contributed by atoms with E-state index in [-0.39, 0.29) is 5.76 Å². The summed E-state index contributed by atoms with van der Waals surface area (Å²) in [6.45, 7) is 5.22. The van der Waals surface area contributed by atoms with Crippen LogP contribution in [0.15, 0.2) is 35.2 Å². The highest BCUT2D eigenvalue weighted by Gasteiger charge is 2.14. The first kappa shape index (κ1) is 14.9. The molecule has 0 amide bonds. The molecule has 1 rings (SSSR count). The largest absolute Gasteiger partial charge is 0.463 e. The predicted octanol–water partition coefficient (Wildman–Crippen LogP) is 3.28.